The predicted molar refractivity (Wildman–Crippen MR) is 35.5 cm³/mol. The van der Waals surface area contributed by atoms with Crippen molar-refractivity contribution >= 4 is 18.9 Å². The third-order valence-electron chi connectivity index (χ3n) is 1.34. The highest BCUT2D eigenvalue weighted by Crippen LogP contribution is 2.14. The maximum absolute atomic E-state index is 10.2. The molecule has 0 atom stereocenters. The molecule has 0 aliphatic rings. The van der Waals surface area contributed by atoms with Crippen LogP contribution in [-0.4, -0.2) is 18.9 Å². The van der Waals surface area contributed by atoms with Gasteiger partial charge in [-0.15, -0.1) is 0 Å². The molecule has 0 radical (unpaired) electrons. The first-order valence-corrected chi connectivity index (χ1v) is 3.13. The van der Waals surface area contributed by atoms with Gasteiger partial charge in [-0.1, -0.05) is 13.3 Å². The van der Waals surface area contributed by atoms with Crippen molar-refractivity contribution in [2.45, 2.75) is 19.8 Å². The van der Waals surface area contributed by atoms with E-state index in [0.29, 0.717) is 31.7 Å². The van der Waals surface area contributed by atoms with E-state index in [0.717, 1.165) is 0 Å². The molecular weight excluding hydrogens is 132 g/mol. The van der Waals surface area contributed by atoms with Gasteiger partial charge in [-0.25, -0.2) is 0 Å². The van der Waals surface area contributed by atoms with Crippen molar-refractivity contribution in [2.75, 3.05) is 0 Å². The SMILES string of the molecule is CCCC(C=O)(C=O)C=O. The van der Waals surface area contributed by atoms with Crippen LogP contribution in [0.15, 0.2) is 0 Å². The number of hydrogen-bond donors (Lipinski definition) is 0. The average molecular weight is 142 g/mol. The van der Waals surface area contributed by atoms with Crippen LogP contribution in [0.25, 0.3) is 0 Å². The molecule has 0 saturated heterocycles. The van der Waals surface area contributed by atoms with E-state index < -0.39 is 5.41 Å². The van der Waals surface area contributed by atoms with Crippen LogP contribution in [0, 0.1) is 5.41 Å². The second kappa shape index (κ2) is 3.93. The molecule has 0 aliphatic carbocycles. The Labute approximate surface area is 59.4 Å². The summed E-state index contributed by atoms with van der Waals surface area (Å²) in [7, 11) is 0. The number of carbonyl (C=O) groups excluding carboxylic acids is 3. The van der Waals surface area contributed by atoms with E-state index in [9.17, 15) is 14.4 Å². The van der Waals surface area contributed by atoms with E-state index in [1.165, 1.54) is 0 Å². The van der Waals surface area contributed by atoms with Gasteiger partial charge in [0.25, 0.3) is 0 Å². The Kier molecular flexibility index (Phi) is 3.54. The first kappa shape index (κ1) is 9.01. The molecule has 0 unspecified atom stereocenters. The lowest BCUT2D eigenvalue weighted by atomic mass is 9.89. The molecule has 0 heterocycles. The number of rotatable bonds is 5. The third-order valence-corrected chi connectivity index (χ3v) is 1.34. The number of carbonyl (C=O) groups is 3. The van der Waals surface area contributed by atoms with Crippen molar-refractivity contribution in [3.05, 3.63) is 0 Å². The topological polar surface area (TPSA) is 51.2 Å². The maximum Gasteiger partial charge on any atom is 0.140 e. The Balaban J connectivity index is 4.29. The molecule has 0 spiro atoms. The fourth-order valence-corrected chi connectivity index (χ4v) is 0.693. The van der Waals surface area contributed by atoms with Crippen LogP contribution < -0.4 is 0 Å². The molecule has 0 saturated carbocycles. The zero-order valence-corrected chi connectivity index (χ0v) is 5.87. The van der Waals surface area contributed by atoms with Crippen LogP contribution in [0.3, 0.4) is 0 Å². The van der Waals surface area contributed by atoms with Gasteiger partial charge in [0.1, 0.15) is 24.3 Å². The summed E-state index contributed by atoms with van der Waals surface area (Å²) in [5.41, 5.74) is -1.37. The molecule has 0 amide bonds. The second-order valence-electron chi connectivity index (χ2n) is 2.22. The van der Waals surface area contributed by atoms with Crippen molar-refractivity contribution in [3.63, 3.8) is 0 Å². The monoisotopic (exact) mass is 142 g/mol. The third kappa shape index (κ3) is 1.76. The second-order valence-corrected chi connectivity index (χ2v) is 2.22. The smallest absolute Gasteiger partial charge is 0.140 e. The molecule has 0 N–H and O–H groups in total. The van der Waals surface area contributed by atoms with Crippen LogP contribution in [-0.2, 0) is 14.4 Å². The van der Waals surface area contributed by atoms with Gasteiger partial charge in [-0.05, 0) is 6.42 Å². The molecule has 0 fully saturated rings. The molecule has 0 aromatic rings. The summed E-state index contributed by atoms with van der Waals surface area (Å²) in [4.78, 5) is 30.6. The van der Waals surface area contributed by atoms with Gasteiger partial charge in [0.15, 0.2) is 0 Å². The van der Waals surface area contributed by atoms with Gasteiger partial charge >= 0.3 is 0 Å². The minimum Gasteiger partial charge on any atom is -0.302 e. The summed E-state index contributed by atoms with van der Waals surface area (Å²) in [5, 5.41) is 0. The van der Waals surface area contributed by atoms with Crippen LogP contribution in [0.5, 0.6) is 0 Å². The van der Waals surface area contributed by atoms with Crippen molar-refractivity contribution in [1.29, 1.82) is 0 Å². The van der Waals surface area contributed by atoms with Crippen molar-refractivity contribution < 1.29 is 14.4 Å². The molecule has 10 heavy (non-hydrogen) atoms. The molecule has 56 valence electrons. The highest BCUT2D eigenvalue weighted by atomic mass is 16.2. The van der Waals surface area contributed by atoms with Gasteiger partial charge in [-0.3, -0.25) is 0 Å². The van der Waals surface area contributed by atoms with Crippen molar-refractivity contribution in [2.24, 2.45) is 5.41 Å². The zero-order valence-electron chi connectivity index (χ0n) is 5.87. The molecule has 0 aromatic heterocycles. The highest BCUT2D eigenvalue weighted by molar-refractivity contribution is 6.01. The van der Waals surface area contributed by atoms with E-state index in [1.807, 2.05) is 6.92 Å². The van der Waals surface area contributed by atoms with Gasteiger partial charge < -0.3 is 14.4 Å². The summed E-state index contributed by atoms with van der Waals surface area (Å²) >= 11 is 0. The Hall–Kier alpha value is -0.990. The lowest BCUT2D eigenvalue weighted by Gasteiger charge is -2.10. The van der Waals surface area contributed by atoms with Crippen LogP contribution in [0.2, 0.25) is 0 Å². The predicted octanol–water partition coefficient (Wildman–Crippen LogP) is 0.370. The van der Waals surface area contributed by atoms with Gasteiger partial charge in [-0.2, -0.15) is 0 Å². The van der Waals surface area contributed by atoms with Gasteiger partial charge in [0, 0.05) is 0 Å². The lowest BCUT2D eigenvalue weighted by Crippen LogP contribution is -2.25. The fraction of sp³-hybridized carbons (Fsp3) is 0.571. The summed E-state index contributed by atoms with van der Waals surface area (Å²) in [6.07, 6.45) is 2.16. The fourth-order valence-electron chi connectivity index (χ4n) is 0.693. The standard InChI is InChI=1S/C7H10O3/c1-2-3-7(4-8,5-9)6-10/h4-6H,2-3H2,1H3. The Bertz CT molecular complexity index is 118. The van der Waals surface area contributed by atoms with Crippen LogP contribution in [0.4, 0.5) is 0 Å². The van der Waals surface area contributed by atoms with E-state index >= 15 is 0 Å². The summed E-state index contributed by atoms with van der Waals surface area (Å²) in [6, 6.07) is 0. The van der Waals surface area contributed by atoms with E-state index in [4.69, 9.17) is 0 Å². The molecule has 3 heteroatoms. The minimum atomic E-state index is -1.37. The maximum atomic E-state index is 10.2. The Morgan fingerprint density at radius 3 is 1.60 bits per heavy atom. The summed E-state index contributed by atoms with van der Waals surface area (Å²) < 4.78 is 0. The first-order valence-electron chi connectivity index (χ1n) is 3.13. The van der Waals surface area contributed by atoms with E-state index in [1.54, 1.807) is 0 Å². The highest BCUT2D eigenvalue weighted by Gasteiger charge is 2.27. The Morgan fingerprint density at radius 1 is 1.10 bits per heavy atom. The zero-order chi connectivity index (χ0) is 8.04. The van der Waals surface area contributed by atoms with Gasteiger partial charge in [0.2, 0.25) is 0 Å². The molecule has 3 nitrogen and oxygen atoms in total. The van der Waals surface area contributed by atoms with E-state index in [-0.39, 0.29) is 0 Å². The normalized spacial score (nSPS) is 10.5. The molecule has 0 rings (SSSR count). The largest absolute Gasteiger partial charge is 0.302 e. The van der Waals surface area contributed by atoms with E-state index in [2.05, 4.69) is 0 Å². The first-order chi connectivity index (χ1) is 4.74. The lowest BCUT2D eigenvalue weighted by molar-refractivity contribution is -0.133. The quantitative estimate of drug-likeness (QED) is 0.411. The minimum absolute atomic E-state index is 0.309. The van der Waals surface area contributed by atoms with Gasteiger partial charge in [0.05, 0.1) is 0 Å². The number of aldehydes is 3. The molecular formula is C7H10O3. The van der Waals surface area contributed by atoms with Crippen LogP contribution in [0.1, 0.15) is 19.8 Å². The summed E-state index contributed by atoms with van der Waals surface area (Å²) in [6.45, 7) is 1.81. The van der Waals surface area contributed by atoms with Crippen molar-refractivity contribution in [1.82, 2.24) is 0 Å². The van der Waals surface area contributed by atoms with Crippen LogP contribution >= 0.6 is 0 Å². The molecule has 0 aliphatic heterocycles. The average Bonchev–Trinajstić information content (AvgIpc) is 2.01. The van der Waals surface area contributed by atoms with Crippen molar-refractivity contribution in [3.8, 4) is 0 Å². The Morgan fingerprint density at radius 2 is 1.50 bits per heavy atom. The summed E-state index contributed by atoms with van der Waals surface area (Å²) in [5.74, 6) is 0. The number of hydrogen-bond acceptors (Lipinski definition) is 3. The molecule has 0 bridgehead atoms. The molecule has 0 aromatic carbocycles.